The Hall–Kier alpha value is -1.88. The Bertz CT molecular complexity index is 987. The van der Waals surface area contributed by atoms with E-state index in [9.17, 15) is 4.79 Å². The van der Waals surface area contributed by atoms with Crippen LogP contribution in [-0.4, -0.2) is 45.7 Å². The van der Waals surface area contributed by atoms with Gasteiger partial charge in [0.2, 0.25) is 0 Å². The fraction of sp³-hybridized carbons (Fsp3) is 0.714. The maximum atomic E-state index is 13.8. The average Bonchev–Trinajstić information content (AvgIpc) is 3.44. The summed E-state index contributed by atoms with van der Waals surface area (Å²) in [7, 11) is 0. The van der Waals surface area contributed by atoms with Gasteiger partial charge in [0.25, 0.3) is 5.56 Å². The van der Waals surface area contributed by atoms with Crippen molar-refractivity contribution in [3.8, 4) is 0 Å². The molecule has 3 atom stereocenters. The summed E-state index contributed by atoms with van der Waals surface area (Å²) >= 11 is 0. The molecule has 1 aliphatic carbocycles. The number of rotatable bonds is 5. The first-order valence-corrected chi connectivity index (χ1v) is 13.7. The minimum absolute atomic E-state index is 0.103. The lowest BCUT2D eigenvalue weighted by atomic mass is 9.94. The quantitative estimate of drug-likeness (QED) is 0.567. The number of fused-ring (bicyclic) bond motifs is 1. The first-order chi connectivity index (χ1) is 16.1. The van der Waals surface area contributed by atoms with E-state index in [4.69, 9.17) is 4.98 Å². The Balaban J connectivity index is 1.44. The lowest BCUT2D eigenvalue weighted by Gasteiger charge is -2.38. The first kappa shape index (κ1) is 22.9. The molecule has 5 rings (SSSR count). The van der Waals surface area contributed by atoms with Gasteiger partial charge in [0.05, 0.1) is 11.0 Å². The van der Waals surface area contributed by atoms with Crippen LogP contribution >= 0.6 is 0 Å². The van der Waals surface area contributed by atoms with Gasteiger partial charge in [-0.2, -0.15) is 0 Å². The van der Waals surface area contributed by atoms with Crippen molar-refractivity contribution in [1.29, 1.82) is 0 Å². The van der Waals surface area contributed by atoms with Crippen molar-refractivity contribution >= 4 is 16.9 Å². The number of hydrogen-bond donors (Lipinski definition) is 0. The lowest BCUT2D eigenvalue weighted by molar-refractivity contribution is 0.101. The summed E-state index contributed by atoms with van der Waals surface area (Å²) in [5.74, 6) is 0.662. The fourth-order valence-corrected chi connectivity index (χ4v) is 6.94. The highest BCUT2D eigenvalue weighted by atomic mass is 16.1. The van der Waals surface area contributed by atoms with Crippen LogP contribution in [0.5, 0.6) is 0 Å². The van der Waals surface area contributed by atoms with Gasteiger partial charge in [-0.05, 0) is 70.9 Å². The minimum Gasteiger partial charge on any atom is -0.352 e. The molecule has 2 aromatic rings. The van der Waals surface area contributed by atoms with Gasteiger partial charge in [-0.25, -0.2) is 4.98 Å². The molecule has 0 N–H and O–H groups in total. The highest BCUT2D eigenvalue weighted by Crippen LogP contribution is 2.36. The number of hydrogen-bond acceptors (Lipinski definition) is 4. The number of likely N-dealkylation sites (tertiary alicyclic amines) is 1. The summed E-state index contributed by atoms with van der Waals surface area (Å²) < 4.78 is 2.08. The van der Waals surface area contributed by atoms with Crippen LogP contribution in [0.25, 0.3) is 11.0 Å². The zero-order valence-corrected chi connectivity index (χ0v) is 20.7. The van der Waals surface area contributed by atoms with Gasteiger partial charge < -0.3 is 9.47 Å². The lowest BCUT2D eigenvalue weighted by Crippen LogP contribution is -2.44. The SMILES string of the molecule is CC1CC[C@@H](C[C@H](C)n2c(=O)c(N3CCCC3)nc3ccccc32)N1C1CCCCCCC1. The van der Waals surface area contributed by atoms with E-state index < -0.39 is 0 Å². The molecule has 1 saturated carbocycles. The summed E-state index contributed by atoms with van der Waals surface area (Å²) in [4.78, 5) is 23.7. The van der Waals surface area contributed by atoms with E-state index in [1.54, 1.807) is 0 Å². The molecular weight excluding hydrogens is 408 g/mol. The monoisotopic (exact) mass is 450 g/mol. The van der Waals surface area contributed by atoms with E-state index in [1.807, 2.05) is 12.1 Å². The van der Waals surface area contributed by atoms with Crippen LogP contribution < -0.4 is 10.5 Å². The van der Waals surface area contributed by atoms with Crippen LogP contribution in [0.15, 0.2) is 29.1 Å². The molecule has 2 saturated heterocycles. The maximum Gasteiger partial charge on any atom is 0.294 e. The topological polar surface area (TPSA) is 41.4 Å². The number of nitrogens with zero attached hydrogens (tertiary/aromatic N) is 4. The van der Waals surface area contributed by atoms with Crippen molar-refractivity contribution in [3.05, 3.63) is 34.6 Å². The van der Waals surface area contributed by atoms with E-state index in [0.29, 0.717) is 17.9 Å². The minimum atomic E-state index is 0.103. The second kappa shape index (κ2) is 10.2. The molecule has 5 heteroatoms. The second-order valence-electron chi connectivity index (χ2n) is 10.9. The molecule has 1 aromatic carbocycles. The molecule has 0 amide bonds. The highest BCUT2D eigenvalue weighted by Gasteiger charge is 2.36. The van der Waals surface area contributed by atoms with Crippen LogP contribution in [0.2, 0.25) is 0 Å². The van der Waals surface area contributed by atoms with Crippen molar-refractivity contribution in [2.75, 3.05) is 18.0 Å². The van der Waals surface area contributed by atoms with E-state index >= 15 is 0 Å². The molecule has 2 aliphatic heterocycles. The second-order valence-corrected chi connectivity index (χ2v) is 10.9. The summed E-state index contributed by atoms with van der Waals surface area (Å²) in [6, 6.07) is 10.4. The van der Waals surface area contributed by atoms with Gasteiger partial charge in [0.15, 0.2) is 5.82 Å². The molecule has 3 heterocycles. The molecule has 0 spiro atoms. The van der Waals surface area contributed by atoms with Gasteiger partial charge in [-0.15, -0.1) is 0 Å². The molecule has 5 nitrogen and oxygen atoms in total. The Morgan fingerprint density at radius 2 is 1.64 bits per heavy atom. The zero-order chi connectivity index (χ0) is 22.8. The normalized spacial score (nSPS) is 26.5. The Morgan fingerprint density at radius 3 is 2.39 bits per heavy atom. The smallest absolute Gasteiger partial charge is 0.294 e. The van der Waals surface area contributed by atoms with Gasteiger partial charge in [0, 0.05) is 37.3 Å². The van der Waals surface area contributed by atoms with Crippen molar-refractivity contribution < 1.29 is 0 Å². The van der Waals surface area contributed by atoms with E-state index in [0.717, 1.165) is 49.4 Å². The molecule has 33 heavy (non-hydrogen) atoms. The van der Waals surface area contributed by atoms with Crippen LogP contribution in [0, 0.1) is 0 Å². The van der Waals surface area contributed by atoms with Gasteiger partial charge in [-0.3, -0.25) is 9.69 Å². The summed E-state index contributed by atoms with van der Waals surface area (Å²) in [6.07, 6.45) is 15.6. The largest absolute Gasteiger partial charge is 0.352 e. The predicted octanol–water partition coefficient (Wildman–Crippen LogP) is 5.91. The fourth-order valence-electron chi connectivity index (χ4n) is 6.94. The van der Waals surface area contributed by atoms with Crippen molar-refractivity contribution in [3.63, 3.8) is 0 Å². The Morgan fingerprint density at radius 1 is 0.939 bits per heavy atom. The number of benzene rings is 1. The third-order valence-electron chi connectivity index (χ3n) is 8.58. The highest BCUT2D eigenvalue weighted by molar-refractivity contribution is 5.76. The van der Waals surface area contributed by atoms with Crippen molar-refractivity contribution in [2.45, 2.75) is 115 Å². The summed E-state index contributed by atoms with van der Waals surface area (Å²) in [5.41, 5.74) is 2.04. The van der Waals surface area contributed by atoms with Gasteiger partial charge in [-0.1, -0.05) is 44.2 Å². The standard InChI is InChI=1S/C28H42N4O/c1-21-16-17-24(31(21)23-12-6-4-3-5-7-13-23)20-22(2)32-26-15-9-8-14-25(26)29-27(28(32)33)30-18-10-11-19-30/h8-9,14-15,21-24H,3-7,10-13,16-20H2,1-2H3/t21?,22-,24-/m0/s1. The van der Waals surface area contributed by atoms with Gasteiger partial charge in [0.1, 0.15) is 0 Å². The number of aromatic nitrogens is 2. The predicted molar refractivity (Wildman–Crippen MR) is 137 cm³/mol. The molecule has 3 aliphatic rings. The summed E-state index contributed by atoms with van der Waals surface area (Å²) in [5, 5.41) is 0. The average molecular weight is 451 g/mol. The van der Waals surface area contributed by atoms with Crippen molar-refractivity contribution in [1.82, 2.24) is 14.5 Å². The molecular formula is C28H42N4O. The third-order valence-corrected chi connectivity index (χ3v) is 8.58. The molecule has 0 radical (unpaired) electrons. The molecule has 1 unspecified atom stereocenters. The molecule has 3 fully saturated rings. The van der Waals surface area contributed by atoms with E-state index in [-0.39, 0.29) is 11.6 Å². The van der Waals surface area contributed by atoms with Crippen LogP contribution in [0.1, 0.15) is 96.9 Å². The summed E-state index contributed by atoms with van der Waals surface area (Å²) in [6.45, 7) is 6.60. The molecule has 0 bridgehead atoms. The molecule has 180 valence electrons. The number of para-hydroxylation sites is 2. The van der Waals surface area contributed by atoms with Crippen LogP contribution in [-0.2, 0) is 0 Å². The third kappa shape index (κ3) is 4.71. The maximum absolute atomic E-state index is 13.8. The number of anilines is 1. The van der Waals surface area contributed by atoms with Crippen LogP contribution in [0.4, 0.5) is 5.82 Å². The molecule has 1 aromatic heterocycles. The van der Waals surface area contributed by atoms with E-state index in [2.05, 4.69) is 40.3 Å². The van der Waals surface area contributed by atoms with Crippen molar-refractivity contribution in [2.24, 2.45) is 0 Å². The van der Waals surface area contributed by atoms with Gasteiger partial charge >= 0.3 is 0 Å². The Kier molecular flexibility index (Phi) is 7.05. The van der Waals surface area contributed by atoms with E-state index in [1.165, 1.54) is 57.8 Å². The zero-order valence-electron chi connectivity index (χ0n) is 20.7. The van der Waals surface area contributed by atoms with Crippen LogP contribution in [0.3, 0.4) is 0 Å². The Labute approximate surface area is 199 Å². The first-order valence-electron chi connectivity index (χ1n) is 13.7.